The topological polar surface area (TPSA) is 58.2 Å². The van der Waals surface area contributed by atoms with E-state index in [1.54, 1.807) is 36.0 Å². The molecular formula is C19H22N2O2S. The van der Waals surface area contributed by atoms with Crippen LogP contribution in [0.15, 0.2) is 59.5 Å². The van der Waals surface area contributed by atoms with E-state index in [-0.39, 0.29) is 17.9 Å². The molecule has 0 aromatic heterocycles. The number of carbonyl (C=O) groups is 2. The highest BCUT2D eigenvalue weighted by Crippen LogP contribution is 2.19. The third-order valence-electron chi connectivity index (χ3n) is 3.21. The summed E-state index contributed by atoms with van der Waals surface area (Å²) in [5, 5.41) is 5.68. The Hall–Kier alpha value is -2.27. The molecule has 126 valence electrons. The van der Waals surface area contributed by atoms with E-state index >= 15 is 0 Å². The van der Waals surface area contributed by atoms with Gasteiger partial charge >= 0.3 is 0 Å². The number of carbonyl (C=O) groups excluding carboxylic acids is 2. The van der Waals surface area contributed by atoms with Crippen molar-refractivity contribution >= 4 is 29.3 Å². The van der Waals surface area contributed by atoms with Crippen molar-refractivity contribution in [3.63, 3.8) is 0 Å². The number of anilines is 1. The number of hydrogen-bond acceptors (Lipinski definition) is 3. The van der Waals surface area contributed by atoms with Gasteiger partial charge in [0.2, 0.25) is 5.91 Å². The molecule has 0 aliphatic heterocycles. The minimum absolute atomic E-state index is 0.0449. The first-order valence-electron chi connectivity index (χ1n) is 7.94. The molecule has 0 atom stereocenters. The fourth-order valence-corrected chi connectivity index (χ4v) is 2.99. The molecule has 5 heteroatoms. The molecule has 2 aromatic rings. The zero-order valence-electron chi connectivity index (χ0n) is 13.9. The Bertz CT molecular complexity index is 687. The van der Waals surface area contributed by atoms with E-state index < -0.39 is 0 Å². The summed E-state index contributed by atoms with van der Waals surface area (Å²) in [6, 6.07) is 17.1. The number of thioether (sulfide) groups is 1. The van der Waals surface area contributed by atoms with Gasteiger partial charge in [0.1, 0.15) is 0 Å². The summed E-state index contributed by atoms with van der Waals surface area (Å²) in [4.78, 5) is 25.5. The van der Waals surface area contributed by atoms with Crippen molar-refractivity contribution in [3.05, 3.63) is 60.2 Å². The molecule has 4 nitrogen and oxygen atoms in total. The second-order valence-electron chi connectivity index (χ2n) is 5.63. The van der Waals surface area contributed by atoms with E-state index in [0.29, 0.717) is 23.4 Å². The third kappa shape index (κ3) is 5.74. The smallest absolute Gasteiger partial charge is 0.253 e. The van der Waals surface area contributed by atoms with Gasteiger partial charge in [-0.15, -0.1) is 11.8 Å². The van der Waals surface area contributed by atoms with E-state index in [9.17, 15) is 9.59 Å². The minimum Gasteiger partial charge on any atom is -0.350 e. The molecule has 0 aliphatic carbocycles. The number of benzene rings is 2. The van der Waals surface area contributed by atoms with Gasteiger partial charge in [0.25, 0.3) is 5.91 Å². The molecular weight excluding hydrogens is 320 g/mol. The number of amides is 2. The zero-order valence-corrected chi connectivity index (χ0v) is 14.7. The van der Waals surface area contributed by atoms with Crippen molar-refractivity contribution in [2.75, 3.05) is 11.1 Å². The summed E-state index contributed by atoms with van der Waals surface area (Å²) in [7, 11) is 0. The van der Waals surface area contributed by atoms with Gasteiger partial charge in [-0.05, 0) is 38.1 Å². The Kier molecular flexibility index (Phi) is 6.88. The number of para-hydroxylation sites is 1. The summed E-state index contributed by atoms with van der Waals surface area (Å²) in [6.07, 6.45) is 0.389. The first-order chi connectivity index (χ1) is 11.6. The Balaban J connectivity index is 1.90. The predicted octanol–water partition coefficient (Wildman–Crippen LogP) is 3.95. The Morgan fingerprint density at radius 3 is 2.38 bits per heavy atom. The van der Waals surface area contributed by atoms with Crippen LogP contribution in [0.1, 0.15) is 30.6 Å². The van der Waals surface area contributed by atoms with Crippen LogP contribution in [0.5, 0.6) is 0 Å². The van der Waals surface area contributed by atoms with E-state index in [4.69, 9.17) is 0 Å². The van der Waals surface area contributed by atoms with Crippen molar-refractivity contribution in [1.29, 1.82) is 0 Å². The largest absolute Gasteiger partial charge is 0.350 e. The summed E-state index contributed by atoms with van der Waals surface area (Å²) in [6.45, 7) is 3.81. The SMILES string of the molecule is CC(C)NC(=O)c1ccccc1NC(=O)CCSc1ccccc1. The maximum Gasteiger partial charge on any atom is 0.253 e. The zero-order chi connectivity index (χ0) is 17.4. The van der Waals surface area contributed by atoms with Gasteiger partial charge in [0, 0.05) is 23.1 Å². The lowest BCUT2D eigenvalue weighted by Crippen LogP contribution is -2.31. The highest BCUT2D eigenvalue weighted by Gasteiger charge is 2.13. The standard InChI is InChI=1S/C19H22N2O2S/c1-14(2)20-19(23)16-10-6-7-11-17(16)21-18(22)12-13-24-15-8-4-3-5-9-15/h3-11,14H,12-13H2,1-2H3,(H,20,23)(H,21,22). The molecule has 0 unspecified atom stereocenters. The molecule has 0 saturated carbocycles. The first kappa shape index (κ1) is 18.1. The molecule has 0 saturated heterocycles. The fraction of sp³-hybridized carbons (Fsp3) is 0.263. The minimum atomic E-state index is -0.181. The quantitative estimate of drug-likeness (QED) is 0.749. The molecule has 2 aromatic carbocycles. The van der Waals surface area contributed by atoms with Crippen LogP contribution in [0.25, 0.3) is 0 Å². The van der Waals surface area contributed by atoms with E-state index in [2.05, 4.69) is 10.6 Å². The average Bonchev–Trinajstić information content (AvgIpc) is 2.55. The molecule has 0 heterocycles. The first-order valence-corrected chi connectivity index (χ1v) is 8.92. The molecule has 2 N–H and O–H groups in total. The number of hydrogen-bond donors (Lipinski definition) is 2. The number of nitrogens with one attached hydrogen (secondary N) is 2. The Labute approximate surface area is 147 Å². The van der Waals surface area contributed by atoms with Crippen molar-refractivity contribution in [2.45, 2.75) is 31.2 Å². The second-order valence-corrected chi connectivity index (χ2v) is 6.80. The normalized spacial score (nSPS) is 10.5. The summed E-state index contributed by atoms with van der Waals surface area (Å²) in [5.74, 6) is 0.415. The average molecular weight is 342 g/mol. The summed E-state index contributed by atoms with van der Waals surface area (Å²) < 4.78 is 0. The highest BCUT2D eigenvalue weighted by atomic mass is 32.2. The van der Waals surface area contributed by atoms with Crippen molar-refractivity contribution < 1.29 is 9.59 Å². The van der Waals surface area contributed by atoms with Crippen LogP contribution in [-0.4, -0.2) is 23.6 Å². The maximum absolute atomic E-state index is 12.2. The van der Waals surface area contributed by atoms with Gasteiger partial charge in [-0.25, -0.2) is 0 Å². The highest BCUT2D eigenvalue weighted by molar-refractivity contribution is 7.99. The summed E-state index contributed by atoms with van der Waals surface area (Å²) in [5.41, 5.74) is 1.03. The fourth-order valence-electron chi connectivity index (χ4n) is 2.12. The van der Waals surface area contributed by atoms with E-state index in [1.807, 2.05) is 44.2 Å². The molecule has 0 spiro atoms. The van der Waals surface area contributed by atoms with Gasteiger partial charge in [-0.1, -0.05) is 30.3 Å². The van der Waals surface area contributed by atoms with Gasteiger partial charge < -0.3 is 10.6 Å². The molecule has 0 fully saturated rings. The van der Waals surface area contributed by atoms with Crippen LogP contribution >= 0.6 is 11.8 Å². The van der Waals surface area contributed by atoms with Gasteiger partial charge in [-0.2, -0.15) is 0 Å². The van der Waals surface area contributed by atoms with E-state index in [1.165, 1.54) is 0 Å². The molecule has 0 aliphatic rings. The van der Waals surface area contributed by atoms with Gasteiger partial charge in [0.15, 0.2) is 0 Å². The van der Waals surface area contributed by atoms with Crippen molar-refractivity contribution in [3.8, 4) is 0 Å². The van der Waals surface area contributed by atoms with Crippen molar-refractivity contribution in [1.82, 2.24) is 5.32 Å². The van der Waals surface area contributed by atoms with Gasteiger partial charge in [0.05, 0.1) is 11.3 Å². The molecule has 2 amide bonds. The molecule has 24 heavy (non-hydrogen) atoms. The van der Waals surface area contributed by atoms with Crippen LogP contribution in [0, 0.1) is 0 Å². The second kappa shape index (κ2) is 9.13. The Morgan fingerprint density at radius 1 is 1.00 bits per heavy atom. The van der Waals surface area contributed by atoms with Crippen LogP contribution in [0.2, 0.25) is 0 Å². The van der Waals surface area contributed by atoms with Crippen LogP contribution in [-0.2, 0) is 4.79 Å². The third-order valence-corrected chi connectivity index (χ3v) is 4.22. The molecule has 0 radical (unpaired) electrons. The monoisotopic (exact) mass is 342 g/mol. The van der Waals surface area contributed by atoms with E-state index in [0.717, 1.165) is 4.90 Å². The molecule has 0 bridgehead atoms. The molecule has 2 rings (SSSR count). The van der Waals surface area contributed by atoms with Gasteiger partial charge in [-0.3, -0.25) is 9.59 Å². The van der Waals surface area contributed by atoms with Crippen molar-refractivity contribution in [2.24, 2.45) is 0 Å². The predicted molar refractivity (Wildman–Crippen MR) is 99.5 cm³/mol. The number of rotatable bonds is 7. The lowest BCUT2D eigenvalue weighted by Gasteiger charge is -2.13. The van der Waals surface area contributed by atoms with Crippen LogP contribution in [0.4, 0.5) is 5.69 Å². The lowest BCUT2D eigenvalue weighted by molar-refractivity contribution is -0.115. The van der Waals surface area contributed by atoms with Crippen LogP contribution in [0.3, 0.4) is 0 Å². The lowest BCUT2D eigenvalue weighted by atomic mass is 10.1. The Morgan fingerprint density at radius 2 is 1.67 bits per heavy atom. The maximum atomic E-state index is 12.2. The summed E-state index contributed by atoms with van der Waals surface area (Å²) >= 11 is 1.64. The van der Waals surface area contributed by atoms with Crippen LogP contribution < -0.4 is 10.6 Å².